The number of rotatable bonds is 3. The first-order chi connectivity index (χ1) is 6.19. The Morgan fingerprint density at radius 1 is 1.69 bits per heavy atom. The molecule has 0 aromatic carbocycles. The molecule has 0 saturated carbocycles. The number of nitrogens with zero attached hydrogens (tertiary/aromatic N) is 1. The topological polar surface area (TPSA) is 49.8 Å². The zero-order chi connectivity index (χ0) is 9.84. The number of hydrogen-bond donors (Lipinski definition) is 1. The molecule has 0 bridgehead atoms. The molecule has 1 rings (SSSR count). The predicted molar refractivity (Wildman–Crippen MR) is 48.3 cm³/mol. The summed E-state index contributed by atoms with van der Waals surface area (Å²) >= 11 is 0. The van der Waals surface area contributed by atoms with Crippen molar-refractivity contribution in [3.05, 3.63) is 0 Å². The van der Waals surface area contributed by atoms with Crippen LogP contribution in [0, 0.1) is 0 Å². The van der Waals surface area contributed by atoms with E-state index in [1.54, 1.807) is 12.0 Å². The number of aliphatic hydroxyl groups excluding tert-OH is 1. The summed E-state index contributed by atoms with van der Waals surface area (Å²) < 4.78 is 4.99. The highest BCUT2D eigenvalue weighted by atomic mass is 16.5. The highest BCUT2D eigenvalue weighted by Crippen LogP contribution is 2.18. The molecular formula is C9H17NO3. The van der Waals surface area contributed by atoms with E-state index >= 15 is 0 Å². The van der Waals surface area contributed by atoms with Crippen LogP contribution in [0.15, 0.2) is 0 Å². The van der Waals surface area contributed by atoms with E-state index < -0.39 is 0 Å². The lowest BCUT2D eigenvalue weighted by molar-refractivity contribution is -0.132. The molecule has 1 fully saturated rings. The van der Waals surface area contributed by atoms with Crippen molar-refractivity contribution in [2.75, 3.05) is 20.3 Å². The number of ether oxygens (including phenoxy) is 1. The quantitative estimate of drug-likeness (QED) is 0.677. The number of β-amino-alcohol motifs (C(OH)–C–C–N with tert-alkyl or cyclic N) is 1. The summed E-state index contributed by atoms with van der Waals surface area (Å²) in [6, 6.07) is 0.0625. The Morgan fingerprint density at radius 3 is 2.92 bits per heavy atom. The molecule has 1 aliphatic rings. The molecule has 0 aliphatic carbocycles. The summed E-state index contributed by atoms with van der Waals surface area (Å²) in [6.07, 6.45) is 0.752. The van der Waals surface area contributed by atoms with Gasteiger partial charge in [-0.25, -0.2) is 0 Å². The molecule has 1 aliphatic heterocycles. The molecule has 1 saturated heterocycles. The van der Waals surface area contributed by atoms with Crippen molar-refractivity contribution in [1.29, 1.82) is 0 Å². The van der Waals surface area contributed by atoms with E-state index in [9.17, 15) is 9.90 Å². The normalized spacial score (nSPS) is 28.1. The van der Waals surface area contributed by atoms with Gasteiger partial charge >= 0.3 is 0 Å². The van der Waals surface area contributed by atoms with Crippen LogP contribution >= 0.6 is 0 Å². The lowest BCUT2D eigenvalue weighted by atomic mass is 10.2. The van der Waals surface area contributed by atoms with E-state index in [1.807, 2.05) is 6.92 Å². The number of carbonyl (C=O) groups is 1. The van der Waals surface area contributed by atoms with Gasteiger partial charge in [0.25, 0.3) is 0 Å². The molecule has 0 spiro atoms. The summed E-state index contributed by atoms with van der Waals surface area (Å²) in [5.74, 6) is 0.0959. The van der Waals surface area contributed by atoms with Crippen LogP contribution in [0.5, 0.6) is 0 Å². The number of hydrogen-bond acceptors (Lipinski definition) is 3. The fraction of sp³-hybridized carbons (Fsp3) is 0.889. The van der Waals surface area contributed by atoms with Crippen molar-refractivity contribution >= 4 is 5.91 Å². The maximum absolute atomic E-state index is 11.4. The number of likely N-dealkylation sites (tertiary alicyclic amines) is 1. The largest absolute Gasteiger partial charge is 0.391 e. The van der Waals surface area contributed by atoms with Crippen molar-refractivity contribution < 1.29 is 14.6 Å². The van der Waals surface area contributed by atoms with Gasteiger partial charge in [-0.3, -0.25) is 4.79 Å². The zero-order valence-corrected chi connectivity index (χ0v) is 8.19. The van der Waals surface area contributed by atoms with Crippen molar-refractivity contribution in [2.24, 2.45) is 0 Å². The van der Waals surface area contributed by atoms with Gasteiger partial charge < -0.3 is 14.7 Å². The van der Waals surface area contributed by atoms with Gasteiger partial charge in [0.15, 0.2) is 0 Å². The maximum Gasteiger partial charge on any atom is 0.222 e. The first kappa shape index (κ1) is 10.5. The Morgan fingerprint density at radius 2 is 2.38 bits per heavy atom. The number of aliphatic hydroxyl groups is 1. The molecule has 13 heavy (non-hydrogen) atoms. The summed E-state index contributed by atoms with van der Waals surface area (Å²) in [6.45, 7) is 2.81. The van der Waals surface area contributed by atoms with Crippen molar-refractivity contribution in [3.8, 4) is 0 Å². The third-order valence-corrected chi connectivity index (χ3v) is 2.37. The average Bonchev–Trinajstić information content (AvgIpc) is 2.46. The van der Waals surface area contributed by atoms with Crippen LogP contribution in [0.2, 0.25) is 0 Å². The summed E-state index contributed by atoms with van der Waals surface area (Å²) in [7, 11) is 1.61. The van der Waals surface area contributed by atoms with E-state index in [2.05, 4.69) is 0 Å². The third-order valence-electron chi connectivity index (χ3n) is 2.37. The summed E-state index contributed by atoms with van der Waals surface area (Å²) in [4.78, 5) is 13.1. The number of carbonyl (C=O) groups excluding carboxylic acids is 1. The monoisotopic (exact) mass is 187 g/mol. The van der Waals surface area contributed by atoms with Crippen LogP contribution < -0.4 is 0 Å². The van der Waals surface area contributed by atoms with Crippen molar-refractivity contribution in [1.82, 2.24) is 4.90 Å². The minimum atomic E-state index is -0.379. The fourth-order valence-corrected chi connectivity index (χ4v) is 1.75. The highest BCUT2D eigenvalue weighted by molar-refractivity contribution is 5.76. The molecule has 0 aromatic rings. The van der Waals surface area contributed by atoms with Crippen molar-refractivity contribution in [2.45, 2.75) is 31.9 Å². The van der Waals surface area contributed by atoms with Crippen LogP contribution in [0.3, 0.4) is 0 Å². The molecule has 4 heteroatoms. The summed E-state index contributed by atoms with van der Waals surface area (Å²) in [5.41, 5.74) is 0. The Hall–Kier alpha value is -0.610. The minimum absolute atomic E-state index is 0.0625. The molecule has 0 unspecified atom stereocenters. The van der Waals surface area contributed by atoms with Crippen LogP contribution in [-0.2, 0) is 9.53 Å². The first-order valence-electron chi connectivity index (χ1n) is 4.65. The molecule has 1 heterocycles. The highest BCUT2D eigenvalue weighted by Gasteiger charge is 2.33. The SMILES string of the molecule is CCC(=O)N1C[C@H](O)C[C@H]1COC. The summed E-state index contributed by atoms with van der Waals surface area (Å²) in [5, 5.41) is 9.39. The predicted octanol–water partition coefficient (Wildman–Crippen LogP) is 0.00460. The van der Waals surface area contributed by atoms with Crippen LogP contribution in [-0.4, -0.2) is 48.3 Å². The second-order valence-corrected chi connectivity index (χ2v) is 3.40. The smallest absolute Gasteiger partial charge is 0.222 e. The van der Waals surface area contributed by atoms with Crippen LogP contribution in [0.4, 0.5) is 0 Å². The van der Waals surface area contributed by atoms with Gasteiger partial charge in [-0.05, 0) is 6.42 Å². The molecule has 4 nitrogen and oxygen atoms in total. The van der Waals surface area contributed by atoms with Crippen LogP contribution in [0.1, 0.15) is 19.8 Å². The third kappa shape index (κ3) is 2.42. The van der Waals surface area contributed by atoms with Gasteiger partial charge in [-0.15, -0.1) is 0 Å². The van der Waals surface area contributed by atoms with E-state index in [4.69, 9.17) is 4.74 Å². The van der Waals surface area contributed by atoms with Gasteiger partial charge in [0.1, 0.15) is 0 Å². The van der Waals surface area contributed by atoms with E-state index in [1.165, 1.54) is 0 Å². The Balaban J connectivity index is 2.55. The van der Waals surface area contributed by atoms with Gasteiger partial charge in [0, 0.05) is 20.1 Å². The molecule has 0 radical (unpaired) electrons. The second kappa shape index (κ2) is 4.58. The number of methoxy groups -OCH3 is 1. The fourth-order valence-electron chi connectivity index (χ4n) is 1.75. The van der Waals surface area contributed by atoms with E-state index in [-0.39, 0.29) is 18.1 Å². The van der Waals surface area contributed by atoms with Crippen LogP contribution in [0.25, 0.3) is 0 Å². The van der Waals surface area contributed by atoms with E-state index in [0.717, 1.165) is 0 Å². The maximum atomic E-state index is 11.4. The lowest BCUT2D eigenvalue weighted by Gasteiger charge is -2.22. The van der Waals surface area contributed by atoms with Gasteiger partial charge in [0.2, 0.25) is 5.91 Å². The molecule has 0 aromatic heterocycles. The molecule has 76 valence electrons. The lowest BCUT2D eigenvalue weighted by Crippen LogP contribution is -2.37. The van der Waals surface area contributed by atoms with E-state index in [0.29, 0.717) is 26.0 Å². The Labute approximate surface area is 78.5 Å². The Kier molecular flexibility index (Phi) is 3.69. The minimum Gasteiger partial charge on any atom is -0.391 e. The van der Waals surface area contributed by atoms with Gasteiger partial charge in [0.05, 0.1) is 18.8 Å². The standard InChI is InChI=1S/C9H17NO3/c1-3-9(12)10-5-8(11)4-7(10)6-13-2/h7-8,11H,3-6H2,1-2H3/t7-,8+/m0/s1. The van der Waals surface area contributed by atoms with Gasteiger partial charge in [-0.1, -0.05) is 6.92 Å². The van der Waals surface area contributed by atoms with Gasteiger partial charge in [-0.2, -0.15) is 0 Å². The average molecular weight is 187 g/mol. The zero-order valence-electron chi connectivity index (χ0n) is 8.19. The first-order valence-corrected chi connectivity index (χ1v) is 4.65. The molecule has 1 amide bonds. The van der Waals surface area contributed by atoms with Crippen molar-refractivity contribution in [3.63, 3.8) is 0 Å². The Bertz CT molecular complexity index is 184. The number of amides is 1. The molecule has 1 N–H and O–H groups in total. The second-order valence-electron chi connectivity index (χ2n) is 3.40. The molecular weight excluding hydrogens is 170 g/mol. The molecule has 2 atom stereocenters.